The molecule has 0 saturated carbocycles. The van der Waals surface area contributed by atoms with Crippen molar-refractivity contribution < 1.29 is 17.9 Å². The zero-order chi connectivity index (χ0) is 22.1. The van der Waals surface area contributed by atoms with Gasteiger partial charge in [0.1, 0.15) is 0 Å². The Bertz CT molecular complexity index is 1040. The van der Waals surface area contributed by atoms with Gasteiger partial charge in [0.2, 0.25) is 10.0 Å². The Labute approximate surface area is 187 Å². The number of amides is 1. The summed E-state index contributed by atoms with van der Waals surface area (Å²) in [4.78, 5) is 14.5. The molecule has 1 heterocycles. The minimum absolute atomic E-state index is 0.0869. The van der Waals surface area contributed by atoms with E-state index in [2.05, 4.69) is 0 Å². The van der Waals surface area contributed by atoms with Gasteiger partial charge in [-0.3, -0.25) is 4.79 Å². The van der Waals surface area contributed by atoms with E-state index in [0.717, 1.165) is 0 Å². The molecule has 0 spiro atoms. The Morgan fingerprint density at radius 1 is 1.13 bits per heavy atom. The highest BCUT2D eigenvalue weighted by atomic mass is 35.5. The van der Waals surface area contributed by atoms with Crippen LogP contribution >= 0.6 is 23.2 Å². The molecule has 2 aromatic carbocycles. The lowest BCUT2D eigenvalue weighted by atomic mass is 10.1. The Balaban J connectivity index is 1.82. The smallest absolute Gasteiger partial charge is 0.253 e. The average Bonchev–Trinajstić information content (AvgIpc) is 2.70. The molecule has 2 atom stereocenters. The monoisotopic (exact) mass is 470 g/mol. The number of carbonyl (C=O) groups is 1. The molecular formula is C21H24Cl2N2O4S. The van der Waals surface area contributed by atoms with Crippen molar-refractivity contribution in [2.24, 2.45) is 0 Å². The molecule has 1 aliphatic rings. The van der Waals surface area contributed by atoms with Crippen LogP contribution in [0.4, 0.5) is 0 Å². The average molecular weight is 471 g/mol. The van der Waals surface area contributed by atoms with Crippen LogP contribution in [0.2, 0.25) is 10.0 Å². The molecule has 2 unspecified atom stereocenters. The number of carbonyl (C=O) groups excluding carboxylic acids is 1. The molecule has 1 saturated heterocycles. The first-order valence-corrected chi connectivity index (χ1v) is 11.7. The lowest BCUT2D eigenvalue weighted by Crippen LogP contribution is -2.48. The molecule has 1 amide bonds. The van der Waals surface area contributed by atoms with Gasteiger partial charge in [-0.2, -0.15) is 4.31 Å². The fourth-order valence-electron chi connectivity index (χ4n) is 3.48. The first-order valence-electron chi connectivity index (χ1n) is 9.53. The van der Waals surface area contributed by atoms with Crippen LogP contribution in [0.3, 0.4) is 0 Å². The molecule has 0 aliphatic carbocycles. The molecule has 0 N–H and O–H groups in total. The van der Waals surface area contributed by atoms with Gasteiger partial charge in [0.15, 0.2) is 0 Å². The van der Waals surface area contributed by atoms with Crippen LogP contribution in [-0.2, 0) is 21.3 Å². The zero-order valence-corrected chi connectivity index (χ0v) is 19.3. The van der Waals surface area contributed by atoms with Crippen LogP contribution in [0.1, 0.15) is 29.8 Å². The molecule has 30 heavy (non-hydrogen) atoms. The number of benzene rings is 2. The molecule has 3 rings (SSSR count). The van der Waals surface area contributed by atoms with E-state index in [1.807, 2.05) is 13.8 Å². The standard InChI is InChI=1S/C21H24Cl2N2O4S/c1-14-11-25(12-15(2)29-14)30(27,28)18-8-4-6-16(10-18)21(26)24(3)13-17-7-5-9-19(22)20(17)23/h4-10,14-15H,11-13H2,1-3H3. The number of sulfonamides is 1. The SMILES string of the molecule is CC1CN(S(=O)(=O)c2cccc(C(=O)N(C)Cc3cccc(Cl)c3Cl)c2)CC(C)O1. The van der Waals surface area contributed by atoms with Crippen molar-refractivity contribution in [2.45, 2.75) is 37.5 Å². The molecule has 1 aliphatic heterocycles. The van der Waals surface area contributed by atoms with Crippen molar-refractivity contribution in [3.8, 4) is 0 Å². The van der Waals surface area contributed by atoms with Crippen molar-refractivity contribution in [1.29, 1.82) is 0 Å². The number of morpholine rings is 1. The van der Waals surface area contributed by atoms with E-state index in [4.69, 9.17) is 27.9 Å². The van der Waals surface area contributed by atoms with Crippen LogP contribution in [0, 0.1) is 0 Å². The maximum atomic E-state index is 13.1. The quantitative estimate of drug-likeness (QED) is 0.660. The minimum Gasteiger partial charge on any atom is -0.373 e. The van der Waals surface area contributed by atoms with E-state index in [1.165, 1.54) is 21.3 Å². The summed E-state index contributed by atoms with van der Waals surface area (Å²) in [6.07, 6.45) is -0.385. The summed E-state index contributed by atoms with van der Waals surface area (Å²) in [5.74, 6) is -0.313. The second kappa shape index (κ2) is 9.24. The van der Waals surface area contributed by atoms with E-state index in [-0.39, 0.29) is 48.2 Å². The highest BCUT2D eigenvalue weighted by Crippen LogP contribution is 2.27. The van der Waals surface area contributed by atoms with Crippen LogP contribution in [-0.4, -0.2) is 55.9 Å². The van der Waals surface area contributed by atoms with Gasteiger partial charge in [0.25, 0.3) is 5.91 Å². The van der Waals surface area contributed by atoms with Crippen LogP contribution in [0.5, 0.6) is 0 Å². The summed E-state index contributed by atoms with van der Waals surface area (Å²) < 4.78 is 33.3. The van der Waals surface area contributed by atoms with Gasteiger partial charge in [0, 0.05) is 32.2 Å². The normalized spacial score (nSPS) is 20.2. The van der Waals surface area contributed by atoms with Crippen molar-refractivity contribution in [1.82, 2.24) is 9.21 Å². The van der Waals surface area contributed by atoms with Gasteiger partial charge in [0.05, 0.1) is 27.1 Å². The third-order valence-electron chi connectivity index (χ3n) is 4.89. The lowest BCUT2D eigenvalue weighted by Gasteiger charge is -2.34. The van der Waals surface area contributed by atoms with Crippen molar-refractivity contribution in [2.75, 3.05) is 20.1 Å². The lowest BCUT2D eigenvalue weighted by molar-refractivity contribution is -0.0440. The molecule has 2 aromatic rings. The second-order valence-corrected chi connectivity index (χ2v) is 10.2. The zero-order valence-electron chi connectivity index (χ0n) is 17.0. The van der Waals surface area contributed by atoms with E-state index in [1.54, 1.807) is 37.4 Å². The number of hydrogen-bond acceptors (Lipinski definition) is 4. The molecule has 0 radical (unpaired) electrons. The summed E-state index contributed by atoms with van der Waals surface area (Å²) in [5.41, 5.74) is 0.992. The number of hydrogen-bond donors (Lipinski definition) is 0. The van der Waals surface area contributed by atoms with Crippen molar-refractivity contribution in [3.63, 3.8) is 0 Å². The number of nitrogens with zero attached hydrogens (tertiary/aromatic N) is 2. The first-order chi connectivity index (χ1) is 14.1. The first kappa shape index (κ1) is 23.0. The van der Waals surface area contributed by atoms with Crippen LogP contribution < -0.4 is 0 Å². The topological polar surface area (TPSA) is 66.9 Å². The summed E-state index contributed by atoms with van der Waals surface area (Å²) in [7, 11) is -2.11. The maximum Gasteiger partial charge on any atom is 0.253 e. The number of ether oxygens (including phenoxy) is 1. The van der Waals surface area contributed by atoms with E-state index in [9.17, 15) is 13.2 Å². The molecule has 6 nitrogen and oxygen atoms in total. The van der Waals surface area contributed by atoms with Gasteiger partial charge >= 0.3 is 0 Å². The third-order valence-corrected chi connectivity index (χ3v) is 7.58. The fraction of sp³-hybridized carbons (Fsp3) is 0.381. The highest BCUT2D eigenvalue weighted by Gasteiger charge is 2.32. The van der Waals surface area contributed by atoms with Crippen molar-refractivity contribution >= 4 is 39.1 Å². The number of rotatable bonds is 5. The Hall–Kier alpha value is -1.64. The Morgan fingerprint density at radius 2 is 1.77 bits per heavy atom. The highest BCUT2D eigenvalue weighted by molar-refractivity contribution is 7.89. The number of halogens is 2. The molecular weight excluding hydrogens is 447 g/mol. The minimum atomic E-state index is -3.74. The predicted molar refractivity (Wildman–Crippen MR) is 117 cm³/mol. The summed E-state index contributed by atoms with van der Waals surface area (Å²) in [6.45, 7) is 4.48. The van der Waals surface area contributed by atoms with Gasteiger partial charge in [-0.1, -0.05) is 41.4 Å². The van der Waals surface area contributed by atoms with Crippen LogP contribution in [0.15, 0.2) is 47.4 Å². The van der Waals surface area contributed by atoms with Gasteiger partial charge in [-0.05, 0) is 43.7 Å². The molecule has 162 valence electrons. The predicted octanol–water partition coefficient (Wildman–Crippen LogP) is 4.06. The van der Waals surface area contributed by atoms with Crippen LogP contribution in [0.25, 0.3) is 0 Å². The van der Waals surface area contributed by atoms with Gasteiger partial charge < -0.3 is 9.64 Å². The molecule has 9 heteroatoms. The largest absolute Gasteiger partial charge is 0.373 e. The molecule has 0 aromatic heterocycles. The van der Waals surface area contributed by atoms with E-state index < -0.39 is 10.0 Å². The third kappa shape index (κ3) is 4.98. The summed E-state index contributed by atoms with van der Waals surface area (Å²) in [5, 5.41) is 0.808. The molecule has 0 bridgehead atoms. The maximum absolute atomic E-state index is 13.1. The van der Waals surface area contributed by atoms with Gasteiger partial charge in [-0.15, -0.1) is 0 Å². The van der Waals surface area contributed by atoms with Crippen molar-refractivity contribution in [3.05, 3.63) is 63.6 Å². The van der Waals surface area contributed by atoms with E-state index >= 15 is 0 Å². The second-order valence-electron chi connectivity index (χ2n) is 7.48. The van der Waals surface area contributed by atoms with Gasteiger partial charge in [-0.25, -0.2) is 8.42 Å². The van der Waals surface area contributed by atoms with E-state index in [0.29, 0.717) is 15.6 Å². The Kier molecular flexibility index (Phi) is 7.09. The molecule has 1 fully saturated rings. The Morgan fingerprint density at radius 3 is 2.43 bits per heavy atom. The summed E-state index contributed by atoms with van der Waals surface area (Å²) in [6, 6.07) is 11.3. The fourth-order valence-corrected chi connectivity index (χ4v) is 5.50. The summed E-state index contributed by atoms with van der Waals surface area (Å²) >= 11 is 12.3.